The summed E-state index contributed by atoms with van der Waals surface area (Å²) in [6, 6.07) is 0. The van der Waals surface area contributed by atoms with Crippen molar-refractivity contribution < 1.29 is 9.53 Å². The number of esters is 1. The first-order valence-electron chi connectivity index (χ1n) is 7.45. The Hall–Kier alpha value is -0.530. The van der Waals surface area contributed by atoms with Gasteiger partial charge in [-0.2, -0.15) is 0 Å². The largest absolute Gasteiger partial charge is 0.462 e. The van der Waals surface area contributed by atoms with E-state index in [0.29, 0.717) is 17.3 Å². The fourth-order valence-corrected chi connectivity index (χ4v) is 3.60. The molecule has 2 aliphatic carbocycles. The van der Waals surface area contributed by atoms with Crippen LogP contribution in [-0.2, 0) is 9.53 Å². The summed E-state index contributed by atoms with van der Waals surface area (Å²) in [4.78, 5) is 12.2. The molecule has 2 aliphatic rings. The highest BCUT2D eigenvalue weighted by atomic mass is 16.5. The normalized spacial score (nSPS) is 38.7. The number of fused-ring (bicyclic) bond motifs is 1. The number of ether oxygens (including phenoxy) is 1. The average Bonchev–Trinajstić information content (AvgIpc) is 2.96. The lowest BCUT2D eigenvalue weighted by Gasteiger charge is -2.27. The molecular weight excluding hydrogens is 224 g/mol. The SMILES string of the molecule is CCC(C)(C)C(=O)OC1C[C@]2(C(C)C)CC2C1C. The van der Waals surface area contributed by atoms with E-state index >= 15 is 0 Å². The molecule has 0 N–H and O–H groups in total. The third kappa shape index (κ3) is 1.98. The Balaban J connectivity index is 1.99. The van der Waals surface area contributed by atoms with Crippen LogP contribution in [0.5, 0.6) is 0 Å². The van der Waals surface area contributed by atoms with Gasteiger partial charge < -0.3 is 4.74 Å². The third-order valence-electron chi connectivity index (χ3n) is 5.83. The van der Waals surface area contributed by atoms with Gasteiger partial charge in [-0.3, -0.25) is 4.79 Å². The molecule has 2 rings (SSSR count). The molecule has 0 saturated heterocycles. The van der Waals surface area contributed by atoms with Crippen molar-refractivity contribution in [2.75, 3.05) is 0 Å². The van der Waals surface area contributed by atoms with Crippen molar-refractivity contribution in [3.63, 3.8) is 0 Å². The van der Waals surface area contributed by atoms with E-state index in [-0.39, 0.29) is 17.5 Å². The van der Waals surface area contributed by atoms with Gasteiger partial charge in [0.2, 0.25) is 0 Å². The molecule has 0 amide bonds. The van der Waals surface area contributed by atoms with Gasteiger partial charge in [0.15, 0.2) is 0 Å². The highest BCUT2D eigenvalue weighted by molar-refractivity contribution is 5.76. The van der Waals surface area contributed by atoms with Crippen LogP contribution in [-0.4, -0.2) is 12.1 Å². The number of carbonyl (C=O) groups excluding carboxylic acids is 1. The quantitative estimate of drug-likeness (QED) is 0.706. The molecule has 4 atom stereocenters. The van der Waals surface area contributed by atoms with E-state index in [0.717, 1.165) is 18.8 Å². The van der Waals surface area contributed by atoms with Crippen LogP contribution in [0.2, 0.25) is 0 Å². The lowest BCUT2D eigenvalue weighted by Crippen LogP contribution is -2.32. The van der Waals surface area contributed by atoms with Crippen LogP contribution in [0.3, 0.4) is 0 Å². The zero-order valence-electron chi connectivity index (χ0n) is 12.7. The van der Waals surface area contributed by atoms with Crippen molar-refractivity contribution in [3.05, 3.63) is 0 Å². The van der Waals surface area contributed by atoms with Gasteiger partial charge in [-0.25, -0.2) is 0 Å². The molecule has 2 fully saturated rings. The van der Waals surface area contributed by atoms with Crippen molar-refractivity contribution in [3.8, 4) is 0 Å². The summed E-state index contributed by atoms with van der Waals surface area (Å²) in [5.74, 6) is 2.04. The topological polar surface area (TPSA) is 26.3 Å². The van der Waals surface area contributed by atoms with Crippen molar-refractivity contribution in [2.45, 2.75) is 66.9 Å². The lowest BCUT2D eigenvalue weighted by atomic mass is 9.89. The van der Waals surface area contributed by atoms with Gasteiger partial charge >= 0.3 is 5.97 Å². The number of hydrogen-bond donors (Lipinski definition) is 0. The minimum absolute atomic E-state index is 0.0120. The molecule has 3 unspecified atom stereocenters. The highest BCUT2D eigenvalue weighted by Gasteiger charge is 2.66. The van der Waals surface area contributed by atoms with Crippen LogP contribution in [0.25, 0.3) is 0 Å². The number of carbonyl (C=O) groups is 1. The molecule has 0 heterocycles. The van der Waals surface area contributed by atoms with E-state index in [1.807, 2.05) is 20.8 Å². The summed E-state index contributed by atoms with van der Waals surface area (Å²) in [6.07, 6.45) is 3.43. The zero-order valence-corrected chi connectivity index (χ0v) is 12.7. The molecule has 18 heavy (non-hydrogen) atoms. The molecule has 0 aromatic carbocycles. The fourth-order valence-electron chi connectivity index (χ4n) is 3.60. The average molecular weight is 252 g/mol. The van der Waals surface area contributed by atoms with Crippen molar-refractivity contribution in [1.29, 1.82) is 0 Å². The van der Waals surface area contributed by atoms with Gasteiger partial charge in [0.1, 0.15) is 6.10 Å². The van der Waals surface area contributed by atoms with Crippen LogP contribution in [0.1, 0.15) is 60.8 Å². The van der Waals surface area contributed by atoms with E-state index < -0.39 is 0 Å². The Morgan fingerprint density at radius 3 is 2.44 bits per heavy atom. The first-order chi connectivity index (χ1) is 8.24. The van der Waals surface area contributed by atoms with Crippen molar-refractivity contribution >= 4 is 5.97 Å². The molecule has 2 saturated carbocycles. The third-order valence-corrected chi connectivity index (χ3v) is 5.83. The maximum absolute atomic E-state index is 12.2. The van der Waals surface area contributed by atoms with Gasteiger partial charge in [-0.15, -0.1) is 0 Å². The molecule has 104 valence electrons. The summed E-state index contributed by atoms with van der Waals surface area (Å²) in [5.41, 5.74) is 0.151. The number of hydrogen-bond acceptors (Lipinski definition) is 2. The van der Waals surface area contributed by atoms with Gasteiger partial charge in [-0.1, -0.05) is 27.7 Å². The second-order valence-corrected chi connectivity index (χ2v) is 7.44. The molecular formula is C16H28O2. The van der Waals surface area contributed by atoms with Crippen LogP contribution < -0.4 is 0 Å². The predicted octanol–water partition coefficient (Wildman–Crippen LogP) is 4.04. The predicted molar refractivity (Wildman–Crippen MR) is 73.1 cm³/mol. The second kappa shape index (κ2) is 4.25. The summed E-state index contributed by atoms with van der Waals surface area (Å²) in [6.45, 7) is 12.9. The van der Waals surface area contributed by atoms with E-state index in [4.69, 9.17) is 4.74 Å². The van der Waals surface area contributed by atoms with Gasteiger partial charge in [0.05, 0.1) is 5.41 Å². The van der Waals surface area contributed by atoms with E-state index in [1.54, 1.807) is 0 Å². The molecule has 0 aromatic heterocycles. The molecule has 0 aromatic rings. The standard InChI is InChI=1S/C16H28O2/c1-7-15(5,6)14(17)18-13-9-16(10(2)3)8-12(16)11(13)4/h10-13H,7-9H2,1-6H3/t11?,12?,13?,16-/m0/s1. The maximum atomic E-state index is 12.2. The molecule has 0 bridgehead atoms. The van der Waals surface area contributed by atoms with Gasteiger partial charge in [0, 0.05) is 0 Å². The van der Waals surface area contributed by atoms with Crippen molar-refractivity contribution in [1.82, 2.24) is 0 Å². The summed E-state index contributed by atoms with van der Waals surface area (Å²) < 4.78 is 5.82. The Labute approximate surface area is 111 Å². The zero-order chi connectivity index (χ0) is 13.7. The summed E-state index contributed by atoms with van der Waals surface area (Å²) in [5, 5.41) is 0. The maximum Gasteiger partial charge on any atom is 0.311 e. The van der Waals surface area contributed by atoms with Crippen LogP contribution in [0.4, 0.5) is 0 Å². The first kappa shape index (κ1) is 13.9. The lowest BCUT2D eigenvalue weighted by molar-refractivity contribution is -0.162. The van der Waals surface area contributed by atoms with Gasteiger partial charge in [0.25, 0.3) is 0 Å². The van der Waals surface area contributed by atoms with Gasteiger partial charge in [-0.05, 0) is 56.3 Å². The Bertz CT molecular complexity index is 345. The fraction of sp³-hybridized carbons (Fsp3) is 0.938. The summed E-state index contributed by atoms with van der Waals surface area (Å²) in [7, 11) is 0. The highest BCUT2D eigenvalue weighted by Crippen LogP contribution is 2.70. The van der Waals surface area contributed by atoms with E-state index in [2.05, 4.69) is 20.8 Å². The minimum Gasteiger partial charge on any atom is -0.462 e. The van der Waals surface area contributed by atoms with Crippen LogP contribution in [0, 0.1) is 28.6 Å². The number of rotatable bonds is 4. The molecule has 2 heteroatoms. The van der Waals surface area contributed by atoms with Crippen LogP contribution in [0.15, 0.2) is 0 Å². The van der Waals surface area contributed by atoms with E-state index in [9.17, 15) is 4.79 Å². The molecule has 0 radical (unpaired) electrons. The van der Waals surface area contributed by atoms with E-state index in [1.165, 1.54) is 6.42 Å². The Kier molecular flexibility index (Phi) is 3.28. The second-order valence-electron chi connectivity index (χ2n) is 7.44. The smallest absolute Gasteiger partial charge is 0.311 e. The summed E-state index contributed by atoms with van der Waals surface area (Å²) >= 11 is 0. The van der Waals surface area contributed by atoms with Crippen molar-refractivity contribution in [2.24, 2.45) is 28.6 Å². The molecule has 0 aliphatic heterocycles. The molecule has 0 spiro atoms. The monoisotopic (exact) mass is 252 g/mol. The molecule has 2 nitrogen and oxygen atoms in total. The Morgan fingerprint density at radius 2 is 2.00 bits per heavy atom. The van der Waals surface area contributed by atoms with Crippen LogP contribution >= 0.6 is 0 Å². The minimum atomic E-state index is -0.336. The first-order valence-corrected chi connectivity index (χ1v) is 7.45. The Morgan fingerprint density at radius 1 is 1.39 bits per heavy atom.